The molecule has 5 rings (SSSR count). The number of rotatable bonds is 9. The topological polar surface area (TPSA) is 95.4 Å². The summed E-state index contributed by atoms with van der Waals surface area (Å²) in [5.41, 5.74) is 3.17. The van der Waals surface area contributed by atoms with Crippen LogP contribution in [0.25, 0.3) is 0 Å². The number of aromatic nitrogens is 3. The third-order valence-electron chi connectivity index (χ3n) is 7.24. The van der Waals surface area contributed by atoms with Gasteiger partial charge in [0.1, 0.15) is 11.6 Å². The standard InChI is InChI=1S/C29H34FN7O2S/c1-21-18-24(6-9-27(21)30)32-28-10-14-31-29(34-28)33-23-4-7-26(8-5-23)40(38,39)36(3)25-12-16-37(17-13-25)20-22-11-15-35(2)19-22/h4-11,14-15,18-19,25H,12-13,16-17,20H2,1-3H3,(H2,31,32,33,34). The van der Waals surface area contributed by atoms with E-state index >= 15 is 0 Å². The number of hydrogen-bond acceptors (Lipinski definition) is 7. The second kappa shape index (κ2) is 11.7. The van der Waals surface area contributed by atoms with Gasteiger partial charge in [0, 0.05) is 69.7 Å². The van der Waals surface area contributed by atoms with Crippen LogP contribution >= 0.6 is 0 Å². The minimum absolute atomic E-state index is 0.0386. The van der Waals surface area contributed by atoms with E-state index in [9.17, 15) is 12.8 Å². The van der Waals surface area contributed by atoms with Gasteiger partial charge in [-0.15, -0.1) is 0 Å². The van der Waals surface area contributed by atoms with Gasteiger partial charge in [0.25, 0.3) is 0 Å². The Kier molecular flexibility index (Phi) is 8.15. The average molecular weight is 564 g/mol. The van der Waals surface area contributed by atoms with Crippen LogP contribution in [0.4, 0.5) is 27.5 Å². The predicted octanol–water partition coefficient (Wildman–Crippen LogP) is 5.03. The number of halogens is 1. The first-order valence-corrected chi connectivity index (χ1v) is 14.7. The number of aryl methyl sites for hydroxylation is 2. The van der Waals surface area contributed by atoms with Crippen molar-refractivity contribution in [3.8, 4) is 0 Å². The maximum atomic E-state index is 13.6. The fourth-order valence-electron chi connectivity index (χ4n) is 4.91. The van der Waals surface area contributed by atoms with Gasteiger partial charge in [-0.05, 0) is 85.5 Å². The molecular formula is C29H34FN7O2S. The first kappa shape index (κ1) is 27.8. The molecule has 2 aromatic carbocycles. The number of hydrogen-bond donors (Lipinski definition) is 2. The fraction of sp³-hybridized carbons (Fsp3) is 0.310. The Morgan fingerprint density at radius 3 is 2.42 bits per heavy atom. The molecule has 4 aromatic rings. The zero-order chi connectivity index (χ0) is 28.3. The summed E-state index contributed by atoms with van der Waals surface area (Å²) in [6, 6.07) is 15.1. The molecule has 2 N–H and O–H groups in total. The van der Waals surface area contributed by atoms with Crippen LogP contribution in [-0.2, 0) is 23.6 Å². The third-order valence-corrected chi connectivity index (χ3v) is 9.17. The van der Waals surface area contributed by atoms with Gasteiger partial charge in [0.05, 0.1) is 4.90 Å². The van der Waals surface area contributed by atoms with Gasteiger partial charge in [-0.3, -0.25) is 4.90 Å². The van der Waals surface area contributed by atoms with E-state index in [0.717, 1.165) is 32.5 Å². The normalized spacial score (nSPS) is 14.9. The number of likely N-dealkylation sites (tertiary alicyclic amines) is 1. The van der Waals surface area contributed by atoms with Gasteiger partial charge in [0.15, 0.2) is 0 Å². The highest BCUT2D eigenvalue weighted by atomic mass is 32.2. The first-order chi connectivity index (χ1) is 19.2. The van der Waals surface area contributed by atoms with Crippen molar-refractivity contribution in [2.24, 2.45) is 7.05 Å². The van der Waals surface area contributed by atoms with Gasteiger partial charge in [-0.25, -0.2) is 17.8 Å². The molecule has 1 fully saturated rings. The van der Waals surface area contributed by atoms with Crippen LogP contribution in [0.1, 0.15) is 24.0 Å². The van der Waals surface area contributed by atoms with Crippen LogP contribution in [0.5, 0.6) is 0 Å². The van der Waals surface area contributed by atoms with Crippen LogP contribution < -0.4 is 10.6 Å². The van der Waals surface area contributed by atoms with Crippen molar-refractivity contribution in [1.29, 1.82) is 0 Å². The molecule has 1 aliphatic heterocycles. The Labute approximate surface area is 234 Å². The van der Waals surface area contributed by atoms with E-state index in [-0.39, 0.29) is 16.8 Å². The van der Waals surface area contributed by atoms with Crippen molar-refractivity contribution in [3.05, 3.63) is 90.1 Å². The number of anilines is 4. The van der Waals surface area contributed by atoms with Crippen LogP contribution in [-0.4, -0.2) is 58.3 Å². The molecule has 1 saturated heterocycles. The van der Waals surface area contributed by atoms with E-state index in [4.69, 9.17) is 0 Å². The average Bonchev–Trinajstić information content (AvgIpc) is 3.35. The summed E-state index contributed by atoms with van der Waals surface area (Å²) in [5, 5.41) is 6.25. The van der Waals surface area contributed by atoms with E-state index in [1.165, 1.54) is 15.9 Å². The molecule has 0 amide bonds. The van der Waals surface area contributed by atoms with Crippen molar-refractivity contribution >= 4 is 33.2 Å². The summed E-state index contributed by atoms with van der Waals surface area (Å²) in [6.45, 7) is 4.30. The first-order valence-electron chi connectivity index (χ1n) is 13.2. The van der Waals surface area contributed by atoms with E-state index in [0.29, 0.717) is 28.7 Å². The van der Waals surface area contributed by atoms with Gasteiger partial charge < -0.3 is 15.2 Å². The lowest BCUT2D eigenvalue weighted by atomic mass is 10.1. The molecule has 2 aromatic heterocycles. The lowest BCUT2D eigenvalue weighted by Gasteiger charge is -2.36. The maximum Gasteiger partial charge on any atom is 0.243 e. The third kappa shape index (κ3) is 6.49. The molecule has 0 spiro atoms. The SMILES string of the molecule is Cc1cc(Nc2ccnc(Nc3ccc(S(=O)(=O)N(C)C4CCN(Cc5ccn(C)c5)CC4)cc3)n2)ccc1F. The second-order valence-corrected chi connectivity index (χ2v) is 12.2. The number of nitrogens with one attached hydrogen (secondary N) is 2. The van der Waals surface area contributed by atoms with E-state index < -0.39 is 10.0 Å². The Hall–Kier alpha value is -3.80. The van der Waals surface area contributed by atoms with E-state index in [1.807, 2.05) is 17.8 Å². The van der Waals surface area contributed by atoms with Crippen LogP contribution in [0.15, 0.2) is 78.1 Å². The summed E-state index contributed by atoms with van der Waals surface area (Å²) in [7, 11) is 0.0546. The van der Waals surface area contributed by atoms with Crippen molar-refractivity contribution in [3.63, 3.8) is 0 Å². The van der Waals surface area contributed by atoms with Crippen molar-refractivity contribution in [1.82, 2.24) is 23.7 Å². The van der Waals surface area contributed by atoms with Crippen molar-refractivity contribution in [2.45, 2.75) is 37.2 Å². The zero-order valence-corrected chi connectivity index (χ0v) is 23.7. The Bertz CT molecular complexity index is 1570. The summed E-state index contributed by atoms with van der Waals surface area (Å²) < 4.78 is 43.9. The fourth-order valence-corrected chi connectivity index (χ4v) is 6.33. The molecule has 0 saturated carbocycles. The monoisotopic (exact) mass is 563 g/mol. The number of benzene rings is 2. The molecule has 1 aliphatic rings. The van der Waals surface area contributed by atoms with Gasteiger partial charge in [-0.2, -0.15) is 9.29 Å². The molecular weight excluding hydrogens is 529 g/mol. The quantitative estimate of drug-likeness (QED) is 0.295. The van der Waals surface area contributed by atoms with Crippen molar-refractivity contribution in [2.75, 3.05) is 30.8 Å². The summed E-state index contributed by atoms with van der Waals surface area (Å²) in [5.74, 6) is 0.620. The highest BCUT2D eigenvalue weighted by Gasteiger charge is 2.31. The lowest BCUT2D eigenvalue weighted by molar-refractivity contribution is 0.164. The van der Waals surface area contributed by atoms with Gasteiger partial charge >= 0.3 is 0 Å². The Morgan fingerprint density at radius 1 is 1.02 bits per heavy atom. The Balaban J connectivity index is 1.18. The molecule has 0 unspecified atom stereocenters. The minimum Gasteiger partial charge on any atom is -0.357 e. The number of piperidine rings is 1. The molecule has 0 radical (unpaired) electrons. The predicted molar refractivity (Wildman–Crippen MR) is 155 cm³/mol. The van der Waals surface area contributed by atoms with E-state index in [1.54, 1.807) is 62.6 Å². The zero-order valence-electron chi connectivity index (χ0n) is 22.9. The molecule has 210 valence electrons. The van der Waals surface area contributed by atoms with Crippen molar-refractivity contribution < 1.29 is 12.8 Å². The van der Waals surface area contributed by atoms with Gasteiger partial charge in [0.2, 0.25) is 16.0 Å². The van der Waals surface area contributed by atoms with Crippen LogP contribution in [0.2, 0.25) is 0 Å². The molecule has 11 heteroatoms. The van der Waals surface area contributed by atoms with E-state index in [2.05, 4.69) is 37.8 Å². The minimum atomic E-state index is -3.63. The molecule has 9 nitrogen and oxygen atoms in total. The molecule has 0 aliphatic carbocycles. The molecule has 3 heterocycles. The smallest absolute Gasteiger partial charge is 0.243 e. The maximum absolute atomic E-state index is 13.6. The molecule has 40 heavy (non-hydrogen) atoms. The number of sulfonamides is 1. The highest BCUT2D eigenvalue weighted by Crippen LogP contribution is 2.26. The largest absolute Gasteiger partial charge is 0.357 e. The number of nitrogens with zero attached hydrogens (tertiary/aromatic N) is 5. The molecule has 0 atom stereocenters. The second-order valence-electron chi connectivity index (χ2n) is 10.2. The van der Waals surface area contributed by atoms with Crippen LogP contribution in [0, 0.1) is 12.7 Å². The highest BCUT2D eigenvalue weighted by molar-refractivity contribution is 7.89. The lowest BCUT2D eigenvalue weighted by Crippen LogP contribution is -2.45. The van der Waals surface area contributed by atoms with Gasteiger partial charge in [-0.1, -0.05) is 0 Å². The summed E-state index contributed by atoms with van der Waals surface area (Å²) in [4.78, 5) is 11.3. The molecule has 0 bridgehead atoms. The summed E-state index contributed by atoms with van der Waals surface area (Å²) in [6.07, 6.45) is 7.35. The Morgan fingerprint density at radius 2 is 1.75 bits per heavy atom. The summed E-state index contributed by atoms with van der Waals surface area (Å²) >= 11 is 0. The van der Waals surface area contributed by atoms with Crippen LogP contribution in [0.3, 0.4) is 0 Å².